The average molecular weight is 426 g/mol. The van der Waals surface area contributed by atoms with Gasteiger partial charge in [-0.2, -0.15) is 0 Å². The van der Waals surface area contributed by atoms with Crippen molar-refractivity contribution < 1.29 is 24.1 Å². The number of ether oxygens (including phenoxy) is 3. The molecule has 0 unspecified atom stereocenters. The first kappa shape index (κ1) is 21.5. The molecule has 2 aromatic carbocycles. The Bertz CT molecular complexity index is 1060. The van der Waals surface area contributed by atoms with E-state index in [0.717, 1.165) is 5.56 Å². The molecule has 0 radical (unpaired) electrons. The Morgan fingerprint density at radius 1 is 1.17 bits per heavy atom. The maximum absolute atomic E-state index is 12.5. The van der Waals surface area contributed by atoms with Gasteiger partial charge in [-0.3, -0.25) is 0 Å². The van der Waals surface area contributed by atoms with Crippen LogP contribution in [0.5, 0.6) is 11.5 Å². The molecule has 0 amide bonds. The zero-order valence-corrected chi connectivity index (χ0v) is 18.1. The third kappa shape index (κ3) is 4.52. The predicted molar refractivity (Wildman–Crippen MR) is 120 cm³/mol. The van der Waals surface area contributed by atoms with E-state index in [1.54, 1.807) is 33.3 Å². The Morgan fingerprint density at radius 3 is 2.60 bits per heavy atom. The van der Waals surface area contributed by atoms with E-state index in [0.29, 0.717) is 32.7 Å². The number of thioether (sulfide) groups is 1. The van der Waals surface area contributed by atoms with Gasteiger partial charge in [-0.05, 0) is 43.7 Å². The highest BCUT2D eigenvalue weighted by atomic mass is 32.2. The van der Waals surface area contributed by atoms with Crippen molar-refractivity contribution in [3.8, 4) is 11.5 Å². The van der Waals surface area contributed by atoms with Crippen LogP contribution < -0.4 is 9.47 Å². The lowest BCUT2D eigenvalue weighted by molar-refractivity contribution is -0.138. The number of rotatable bonds is 6. The van der Waals surface area contributed by atoms with Gasteiger partial charge in [0.25, 0.3) is 0 Å². The molecule has 7 heteroatoms. The zero-order valence-electron chi connectivity index (χ0n) is 17.3. The fourth-order valence-electron chi connectivity index (χ4n) is 2.97. The van der Waals surface area contributed by atoms with Crippen molar-refractivity contribution in [3.05, 3.63) is 69.8 Å². The summed E-state index contributed by atoms with van der Waals surface area (Å²) >= 11 is 1.20. The van der Waals surface area contributed by atoms with Crippen molar-refractivity contribution in [1.29, 1.82) is 0 Å². The number of esters is 1. The molecule has 3 rings (SSSR count). The molecule has 0 saturated carbocycles. The van der Waals surface area contributed by atoms with Gasteiger partial charge in [0.1, 0.15) is 16.4 Å². The summed E-state index contributed by atoms with van der Waals surface area (Å²) in [7, 11) is 3.11. The van der Waals surface area contributed by atoms with Gasteiger partial charge in [0.2, 0.25) is 0 Å². The van der Waals surface area contributed by atoms with E-state index >= 15 is 0 Å². The van der Waals surface area contributed by atoms with Crippen molar-refractivity contribution in [3.63, 3.8) is 0 Å². The van der Waals surface area contributed by atoms with Crippen LogP contribution in [0.1, 0.15) is 18.1 Å². The third-order valence-corrected chi connectivity index (χ3v) is 5.34. The summed E-state index contributed by atoms with van der Waals surface area (Å²) in [5, 5.41) is 11.2. The molecule has 0 atom stereocenters. The van der Waals surface area contributed by atoms with Gasteiger partial charge in [-0.1, -0.05) is 36.0 Å². The lowest BCUT2D eigenvalue weighted by Crippen LogP contribution is -2.12. The maximum atomic E-state index is 12.5. The third-order valence-electron chi connectivity index (χ3n) is 4.32. The minimum Gasteiger partial charge on any atom is -0.506 e. The summed E-state index contributed by atoms with van der Waals surface area (Å²) in [5.41, 5.74) is 2.48. The maximum Gasteiger partial charge on any atom is 0.344 e. The number of carbonyl (C=O) groups is 1. The van der Waals surface area contributed by atoms with Crippen LogP contribution in [-0.2, 0) is 9.53 Å². The molecule has 30 heavy (non-hydrogen) atoms. The highest BCUT2D eigenvalue weighted by Gasteiger charge is 2.33. The number of aliphatic imine (C=N–C) groups is 1. The molecular weight excluding hydrogens is 402 g/mol. The summed E-state index contributed by atoms with van der Waals surface area (Å²) in [6.45, 7) is 3.87. The van der Waals surface area contributed by atoms with Gasteiger partial charge >= 0.3 is 5.97 Å². The second kappa shape index (κ2) is 9.54. The number of hydrogen-bond acceptors (Lipinski definition) is 7. The second-order valence-corrected chi connectivity index (χ2v) is 7.42. The first-order valence-electron chi connectivity index (χ1n) is 9.35. The second-order valence-electron chi connectivity index (χ2n) is 6.39. The predicted octanol–water partition coefficient (Wildman–Crippen LogP) is 5.21. The molecule has 1 aliphatic heterocycles. The summed E-state index contributed by atoms with van der Waals surface area (Å²) < 4.78 is 15.9. The average Bonchev–Trinajstić information content (AvgIpc) is 3.02. The van der Waals surface area contributed by atoms with Crippen LogP contribution >= 0.6 is 11.8 Å². The molecule has 0 fully saturated rings. The number of aliphatic hydroxyl groups is 1. The van der Waals surface area contributed by atoms with Crippen molar-refractivity contribution >= 4 is 34.5 Å². The van der Waals surface area contributed by atoms with Crippen molar-refractivity contribution in [2.24, 2.45) is 4.99 Å². The number of hydrogen-bond donors (Lipinski definition) is 1. The van der Waals surface area contributed by atoms with Crippen LogP contribution in [0.4, 0.5) is 5.69 Å². The summed E-state index contributed by atoms with van der Waals surface area (Å²) in [5.74, 6) is 0.310. The van der Waals surface area contributed by atoms with E-state index in [1.807, 2.05) is 43.3 Å². The van der Waals surface area contributed by atoms with Crippen LogP contribution in [0.25, 0.3) is 6.08 Å². The molecule has 1 N–H and O–H groups in total. The van der Waals surface area contributed by atoms with Gasteiger partial charge in [0, 0.05) is 5.56 Å². The highest BCUT2D eigenvalue weighted by Crippen LogP contribution is 2.42. The molecule has 1 aliphatic rings. The van der Waals surface area contributed by atoms with Crippen LogP contribution in [0.15, 0.2) is 63.7 Å². The highest BCUT2D eigenvalue weighted by molar-refractivity contribution is 8.18. The monoisotopic (exact) mass is 425 g/mol. The zero-order chi connectivity index (χ0) is 21.7. The van der Waals surface area contributed by atoms with Gasteiger partial charge in [-0.25, -0.2) is 9.79 Å². The fraction of sp³-hybridized carbons (Fsp3) is 0.217. The van der Waals surface area contributed by atoms with E-state index in [-0.39, 0.29) is 17.9 Å². The van der Waals surface area contributed by atoms with Crippen molar-refractivity contribution in [2.45, 2.75) is 13.8 Å². The van der Waals surface area contributed by atoms with Crippen LogP contribution in [0, 0.1) is 6.92 Å². The van der Waals surface area contributed by atoms with Crippen LogP contribution in [0.3, 0.4) is 0 Å². The Kier molecular flexibility index (Phi) is 6.84. The van der Waals surface area contributed by atoms with Crippen LogP contribution in [0.2, 0.25) is 0 Å². The van der Waals surface area contributed by atoms with Gasteiger partial charge in [0.05, 0.1) is 31.4 Å². The van der Waals surface area contributed by atoms with Gasteiger partial charge in [0.15, 0.2) is 11.5 Å². The fourth-order valence-corrected chi connectivity index (χ4v) is 4.00. The Labute approximate surface area is 179 Å². The SMILES string of the molecule is CCOC(=O)C1=C(O)/C(=C\c2cccc(OC)c2OC)SC1=Nc1cccc(C)c1. The molecule has 2 aromatic rings. The first-order chi connectivity index (χ1) is 14.5. The van der Waals surface area contributed by atoms with E-state index < -0.39 is 5.97 Å². The minimum atomic E-state index is -0.616. The molecule has 0 aromatic heterocycles. The topological polar surface area (TPSA) is 77.4 Å². The number of benzene rings is 2. The lowest BCUT2D eigenvalue weighted by Gasteiger charge is -2.10. The lowest BCUT2D eigenvalue weighted by atomic mass is 10.1. The van der Waals surface area contributed by atoms with Crippen molar-refractivity contribution in [1.82, 2.24) is 0 Å². The minimum absolute atomic E-state index is 0.0523. The molecule has 1 heterocycles. The molecule has 0 bridgehead atoms. The first-order valence-corrected chi connectivity index (χ1v) is 10.2. The van der Waals surface area contributed by atoms with E-state index in [4.69, 9.17) is 14.2 Å². The molecule has 6 nitrogen and oxygen atoms in total. The molecule has 0 spiro atoms. The number of para-hydroxylation sites is 1. The Hall–Kier alpha value is -3.19. The van der Waals surface area contributed by atoms with Gasteiger partial charge in [-0.15, -0.1) is 0 Å². The summed E-state index contributed by atoms with van der Waals surface area (Å²) in [6, 6.07) is 13.0. The Morgan fingerprint density at radius 2 is 1.93 bits per heavy atom. The molecule has 0 aliphatic carbocycles. The Balaban J connectivity index is 2.10. The number of nitrogens with zero attached hydrogens (tertiary/aromatic N) is 1. The van der Waals surface area contributed by atoms with Crippen molar-refractivity contribution in [2.75, 3.05) is 20.8 Å². The molecule has 0 saturated heterocycles. The smallest absolute Gasteiger partial charge is 0.344 e. The molecular formula is C23H23NO5S. The quantitative estimate of drug-likeness (QED) is 0.641. The standard InChI is InChI=1S/C23H23NO5S/c1-5-29-23(26)19-20(25)18(13-15-9-7-11-17(27-3)21(15)28-4)30-22(19)24-16-10-6-8-14(2)12-16/h6-13,25H,5H2,1-4H3/b18-13+,24-22?. The molecule has 156 valence electrons. The number of aryl methyl sites for hydroxylation is 1. The largest absolute Gasteiger partial charge is 0.506 e. The van der Waals surface area contributed by atoms with Gasteiger partial charge < -0.3 is 19.3 Å². The number of methoxy groups -OCH3 is 2. The number of aliphatic hydroxyl groups excluding tert-OH is 1. The van der Waals surface area contributed by atoms with E-state index in [1.165, 1.54) is 11.8 Å². The normalized spacial score (nSPS) is 16.3. The number of carbonyl (C=O) groups excluding carboxylic acids is 1. The summed E-state index contributed by atoms with van der Waals surface area (Å²) in [4.78, 5) is 17.6. The van der Waals surface area contributed by atoms with E-state index in [9.17, 15) is 9.90 Å². The van der Waals surface area contributed by atoms with Crippen LogP contribution in [-0.4, -0.2) is 36.9 Å². The summed E-state index contributed by atoms with van der Waals surface area (Å²) in [6.07, 6.45) is 1.74. The van der Waals surface area contributed by atoms with E-state index in [2.05, 4.69) is 4.99 Å².